The number of carbonyl (C=O) groups excluding carboxylic acids is 1. The highest BCUT2D eigenvalue weighted by atomic mass is 16.4. The number of amides is 2. The maximum Gasteiger partial charge on any atom is 0.319 e. The lowest BCUT2D eigenvalue weighted by molar-refractivity contribution is -0.141. The molecule has 108 valence electrons. The third-order valence-electron chi connectivity index (χ3n) is 3.62. The second-order valence-corrected chi connectivity index (χ2v) is 5.08. The van der Waals surface area contributed by atoms with E-state index in [9.17, 15) is 9.59 Å². The monoisotopic (exact) mass is 277 g/mol. The summed E-state index contributed by atoms with van der Waals surface area (Å²) in [6, 6.07) is 3.76. The summed E-state index contributed by atoms with van der Waals surface area (Å²) in [6.07, 6.45) is 4.77. The van der Waals surface area contributed by atoms with Gasteiger partial charge in [0.1, 0.15) is 0 Å². The summed E-state index contributed by atoms with van der Waals surface area (Å²) < 4.78 is 0. The smallest absolute Gasteiger partial charge is 0.319 e. The van der Waals surface area contributed by atoms with Gasteiger partial charge in [0.2, 0.25) is 0 Å². The fraction of sp³-hybridized carbons (Fsp3) is 0.500. The van der Waals surface area contributed by atoms with Crippen LogP contribution in [0.15, 0.2) is 24.5 Å². The van der Waals surface area contributed by atoms with E-state index in [1.807, 2.05) is 12.1 Å². The summed E-state index contributed by atoms with van der Waals surface area (Å²) in [4.78, 5) is 30.3. The van der Waals surface area contributed by atoms with Crippen molar-refractivity contribution in [1.29, 1.82) is 0 Å². The Balaban J connectivity index is 1.82. The molecule has 0 aliphatic carbocycles. The molecule has 2 rings (SSSR count). The number of carboxylic acids is 1. The zero-order valence-corrected chi connectivity index (χ0v) is 11.5. The summed E-state index contributed by atoms with van der Waals surface area (Å²) in [5, 5.41) is 8.95. The Bertz CT molecular complexity index is 478. The van der Waals surface area contributed by atoms with E-state index in [1.165, 1.54) is 0 Å². The number of nitrogens with zero attached hydrogens (tertiary/aromatic N) is 3. The number of hydrogen-bond acceptors (Lipinski definition) is 3. The maximum absolute atomic E-state index is 12.2. The lowest BCUT2D eigenvalue weighted by Gasteiger charge is -2.24. The SMILES string of the molecule is CN(CCc1ccncc1)C(=O)N1CCC(C(=O)O)C1. The van der Waals surface area contributed by atoms with Gasteiger partial charge in [-0.1, -0.05) is 0 Å². The van der Waals surface area contributed by atoms with E-state index in [1.54, 1.807) is 29.2 Å². The van der Waals surface area contributed by atoms with Crippen molar-refractivity contribution in [2.24, 2.45) is 5.92 Å². The molecule has 2 heterocycles. The number of rotatable bonds is 4. The predicted molar refractivity (Wildman–Crippen MR) is 73.3 cm³/mol. The van der Waals surface area contributed by atoms with Gasteiger partial charge in [0, 0.05) is 39.1 Å². The molecule has 1 aromatic heterocycles. The zero-order valence-electron chi connectivity index (χ0n) is 11.5. The van der Waals surface area contributed by atoms with Crippen LogP contribution < -0.4 is 0 Å². The average Bonchev–Trinajstić information content (AvgIpc) is 2.95. The number of aromatic nitrogens is 1. The first-order chi connectivity index (χ1) is 9.58. The first-order valence-electron chi connectivity index (χ1n) is 6.69. The van der Waals surface area contributed by atoms with Crippen LogP contribution in [0, 0.1) is 5.92 Å². The Labute approximate surface area is 118 Å². The largest absolute Gasteiger partial charge is 0.481 e. The van der Waals surface area contributed by atoms with Crippen LogP contribution in [0.5, 0.6) is 0 Å². The maximum atomic E-state index is 12.2. The van der Waals surface area contributed by atoms with Crippen molar-refractivity contribution in [3.8, 4) is 0 Å². The molecule has 1 saturated heterocycles. The lowest BCUT2D eigenvalue weighted by atomic mass is 10.1. The molecule has 1 N–H and O–H groups in total. The summed E-state index contributed by atoms with van der Waals surface area (Å²) in [7, 11) is 1.75. The summed E-state index contributed by atoms with van der Waals surface area (Å²) in [6.45, 7) is 1.44. The molecule has 20 heavy (non-hydrogen) atoms. The fourth-order valence-electron chi connectivity index (χ4n) is 2.32. The standard InChI is InChI=1S/C14H19N3O3/c1-16(8-4-11-2-6-15-7-3-11)14(20)17-9-5-12(10-17)13(18)19/h2-3,6-7,12H,4-5,8-10H2,1H3,(H,18,19). The number of aliphatic carboxylic acids is 1. The Morgan fingerprint density at radius 1 is 1.45 bits per heavy atom. The first kappa shape index (κ1) is 14.3. The Hall–Kier alpha value is -2.11. The number of likely N-dealkylation sites (tertiary alicyclic amines) is 1. The number of urea groups is 1. The van der Waals surface area contributed by atoms with Crippen LogP contribution in [-0.2, 0) is 11.2 Å². The minimum Gasteiger partial charge on any atom is -0.481 e. The van der Waals surface area contributed by atoms with Crippen LogP contribution in [0.25, 0.3) is 0 Å². The molecule has 1 atom stereocenters. The molecule has 0 saturated carbocycles. The fourth-order valence-corrected chi connectivity index (χ4v) is 2.32. The molecule has 1 aliphatic rings. The van der Waals surface area contributed by atoms with Crippen molar-refractivity contribution in [1.82, 2.24) is 14.8 Å². The van der Waals surface area contributed by atoms with Gasteiger partial charge >= 0.3 is 12.0 Å². The normalized spacial score (nSPS) is 18.1. The van der Waals surface area contributed by atoms with Gasteiger partial charge in [0.05, 0.1) is 5.92 Å². The highest BCUT2D eigenvalue weighted by molar-refractivity contribution is 5.77. The van der Waals surface area contributed by atoms with Gasteiger partial charge in [-0.2, -0.15) is 0 Å². The third-order valence-corrected chi connectivity index (χ3v) is 3.62. The Morgan fingerprint density at radius 2 is 2.15 bits per heavy atom. The Morgan fingerprint density at radius 3 is 2.75 bits per heavy atom. The van der Waals surface area contributed by atoms with Crippen LogP contribution in [0.3, 0.4) is 0 Å². The number of likely N-dealkylation sites (N-methyl/N-ethyl adjacent to an activating group) is 1. The van der Waals surface area contributed by atoms with Gasteiger partial charge in [-0.05, 0) is 30.5 Å². The molecule has 6 nitrogen and oxygen atoms in total. The highest BCUT2D eigenvalue weighted by Gasteiger charge is 2.31. The zero-order chi connectivity index (χ0) is 14.5. The van der Waals surface area contributed by atoms with Crippen LogP contribution in [0.1, 0.15) is 12.0 Å². The van der Waals surface area contributed by atoms with Crippen molar-refractivity contribution in [2.45, 2.75) is 12.8 Å². The molecule has 1 unspecified atom stereocenters. The molecule has 0 radical (unpaired) electrons. The number of carbonyl (C=O) groups is 2. The van der Waals surface area contributed by atoms with E-state index in [0.29, 0.717) is 26.1 Å². The highest BCUT2D eigenvalue weighted by Crippen LogP contribution is 2.17. The van der Waals surface area contributed by atoms with Gasteiger partial charge in [-0.3, -0.25) is 9.78 Å². The van der Waals surface area contributed by atoms with E-state index in [4.69, 9.17) is 5.11 Å². The van der Waals surface area contributed by atoms with Gasteiger partial charge in [0.15, 0.2) is 0 Å². The van der Waals surface area contributed by atoms with Crippen LogP contribution in [0.4, 0.5) is 4.79 Å². The lowest BCUT2D eigenvalue weighted by Crippen LogP contribution is -2.41. The molecule has 6 heteroatoms. The topological polar surface area (TPSA) is 73.7 Å². The van der Waals surface area contributed by atoms with Crippen molar-refractivity contribution in [2.75, 3.05) is 26.7 Å². The third kappa shape index (κ3) is 3.46. The van der Waals surface area contributed by atoms with Crippen LogP contribution >= 0.6 is 0 Å². The van der Waals surface area contributed by atoms with Crippen molar-refractivity contribution in [3.63, 3.8) is 0 Å². The van der Waals surface area contributed by atoms with Gasteiger partial charge in [0.25, 0.3) is 0 Å². The molecular weight excluding hydrogens is 258 g/mol. The minimum atomic E-state index is -0.820. The van der Waals surface area contributed by atoms with Crippen molar-refractivity contribution >= 4 is 12.0 Å². The Kier molecular flexibility index (Phi) is 4.55. The molecule has 0 bridgehead atoms. The predicted octanol–water partition coefficient (Wildman–Crippen LogP) is 1.08. The number of hydrogen-bond donors (Lipinski definition) is 1. The quantitative estimate of drug-likeness (QED) is 0.893. The summed E-state index contributed by atoms with van der Waals surface area (Å²) in [5.74, 6) is -1.24. The molecule has 1 aromatic rings. The molecule has 1 aliphatic heterocycles. The second kappa shape index (κ2) is 6.36. The molecule has 1 fully saturated rings. The van der Waals surface area contributed by atoms with E-state index in [2.05, 4.69) is 4.98 Å². The molecule has 0 spiro atoms. The minimum absolute atomic E-state index is 0.0946. The number of pyridine rings is 1. The van der Waals surface area contributed by atoms with Crippen molar-refractivity contribution < 1.29 is 14.7 Å². The second-order valence-electron chi connectivity index (χ2n) is 5.08. The average molecular weight is 277 g/mol. The van der Waals surface area contributed by atoms with Crippen molar-refractivity contribution in [3.05, 3.63) is 30.1 Å². The summed E-state index contributed by atoms with van der Waals surface area (Å²) >= 11 is 0. The molecular formula is C14H19N3O3. The van der Waals surface area contributed by atoms with E-state index in [0.717, 1.165) is 12.0 Å². The van der Waals surface area contributed by atoms with Gasteiger partial charge in [-0.25, -0.2) is 4.79 Å². The van der Waals surface area contributed by atoms with E-state index in [-0.39, 0.29) is 6.03 Å². The summed E-state index contributed by atoms with van der Waals surface area (Å²) in [5.41, 5.74) is 1.13. The number of carboxylic acid groups (broad SMARTS) is 1. The van der Waals surface area contributed by atoms with Gasteiger partial charge < -0.3 is 14.9 Å². The van der Waals surface area contributed by atoms with Crippen LogP contribution in [-0.4, -0.2) is 58.6 Å². The van der Waals surface area contributed by atoms with E-state index >= 15 is 0 Å². The molecule has 2 amide bonds. The van der Waals surface area contributed by atoms with Gasteiger partial charge in [-0.15, -0.1) is 0 Å². The molecule has 0 aromatic carbocycles. The van der Waals surface area contributed by atoms with E-state index < -0.39 is 11.9 Å². The first-order valence-corrected chi connectivity index (χ1v) is 6.69. The van der Waals surface area contributed by atoms with Crippen LogP contribution in [0.2, 0.25) is 0 Å².